The summed E-state index contributed by atoms with van der Waals surface area (Å²) in [7, 11) is 0. The summed E-state index contributed by atoms with van der Waals surface area (Å²) in [5.74, 6) is 1.22. The zero-order valence-electron chi connectivity index (χ0n) is 12.0. The minimum Gasteiger partial charge on any atom is -0.383 e. The molecule has 0 saturated carbocycles. The average molecular weight is 293 g/mol. The lowest BCUT2D eigenvalue weighted by molar-refractivity contribution is 0.0954. The zero-order chi connectivity index (χ0) is 14.2. The maximum absolute atomic E-state index is 12.3. The number of thioether (sulfide) groups is 1. The first-order valence-electron chi connectivity index (χ1n) is 7.39. The Morgan fingerprint density at radius 3 is 3.15 bits per heavy atom. The maximum atomic E-state index is 12.3. The largest absolute Gasteiger partial charge is 0.383 e. The SMILES string of the molecule is CCCNc1cnccc1C(=O)NCC1CCCCS1. The van der Waals surface area contributed by atoms with Crippen LogP contribution in [-0.2, 0) is 0 Å². The molecule has 1 aliphatic rings. The topological polar surface area (TPSA) is 54.0 Å². The highest BCUT2D eigenvalue weighted by Crippen LogP contribution is 2.24. The van der Waals surface area contributed by atoms with Crippen molar-refractivity contribution < 1.29 is 4.79 Å². The van der Waals surface area contributed by atoms with Gasteiger partial charge in [-0.25, -0.2) is 0 Å². The van der Waals surface area contributed by atoms with Crippen molar-refractivity contribution in [2.75, 3.05) is 24.2 Å². The molecular weight excluding hydrogens is 270 g/mol. The van der Waals surface area contributed by atoms with Crippen molar-refractivity contribution in [3.8, 4) is 0 Å². The second kappa shape index (κ2) is 8.15. The highest BCUT2D eigenvalue weighted by molar-refractivity contribution is 7.99. The summed E-state index contributed by atoms with van der Waals surface area (Å²) in [4.78, 5) is 16.4. The highest BCUT2D eigenvalue weighted by Gasteiger charge is 2.16. The van der Waals surface area contributed by atoms with Crippen LogP contribution in [0, 0.1) is 0 Å². The fourth-order valence-corrected chi connectivity index (χ4v) is 3.50. The lowest BCUT2D eigenvalue weighted by Crippen LogP contribution is -2.32. The minimum atomic E-state index is -0.00261. The number of hydrogen-bond acceptors (Lipinski definition) is 4. The molecule has 2 heterocycles. The monoisotopic (exact) mass is 293 g/mol. The van der Waals surface area contributed by atoms with Crippen LogP contribution in [-0.4, -0.2) is 35.0 Å². The molecule has 0 bridgehead atoms. The van der Waals surface area contributed by atoms with Gasteiger partial charge in [0.1, 0.15) is 0 Å². The van der Waals surface area contributed by atoms with E-state index in [9.17, 15) is 4.79 Å². The van der Waals surface area contributed by atoms with Crippen LogP contribution in [0.3, 0.4) is 0 Å². The van der Waals surface area contributed by atoms with Gasteiger partial charge in [0.05, 0.1) is 17.4 Å². The van der Waals surface area contributed by atoms with Gasteiger partial charge in [-0.2, -0.15) is 11.8 Å². The van der Waals surface area contributed by atoms with E-state index in [1.165, 1.54) is 25.0 Å². The lowest BCUT2D eigenvalue weighted by atomic mass is 10.1. The molecular formula is C15H23N3OS. The number of pyridine rings is 1. The van der Waals surface area contributed by atoms with E-state index in [1.54, 1.807) is 18.5 Å². The van der Waals surface area contributed by atoms with Crippen LogP contribution in [0.5, 0.6) is 0 Å². The molecule has 1 fully saturated rings. The fourth-order valence-electron chi connectivity index (χ4n) is 2.26. The first kappa shape index (κ1) is 15.2. The summed E-state index contributed by atoms with van der Waals surface area (Å²) in [6.45, 7) is 3.72. The van der Waals surface area contributed by atoms with E-state index in [0.29, 0.717) is 10.8 Å². The van der Waals surface area contributed by atoms with Crippen molar-refractivity contribution in [3.63, 3.8) is 0 Å². The van der Waals surface area contributed by atoms with E-state index in [4.69, 9.17) is 0 Å². The number of rotatable bonds is 6. The van der Waals surface area contributed by atoms with Crippen LogP contribution in [0.1, 0.15) is 43.0 Å². The summed E-state index contributed by atoms with van der Waals surface area (Å²) in [5.41, 5.74) is 1.51. The van der Waals surface area contributed by atoms with Crippen molar-refractivity contribution >= 4 is 23.4 Å². The lowest BCUT2D eigenvalue weighted by Gasteiger charge is -2.21. The van der Waals surface area contributed by atoms with Gasteiger partial charge in [-0.05, 0) is 31.1 Å². The van der Waals surface area contributed by atoms with E-state index in [0.717, 1.165) is 25.2 Å². The first-order valence-corrected chi connectivity index (χ1v) is 8.44. The number of amides is 1. The van der Waals surface area contributed by atoms with E-state index >= 15 is 0 Å². The summed E-state index contributed by atoms with van der Waals surface area (Å²) < 4.78 is 0. The molecule has 1 aromatic heterocycles. The van der Waals surface area contributed by atoms with Crippen LogP contribution in [0.4, 0.5) is 5.69 Å². The summed E-state index contributed by atoms with van der Waals surface area (Å²) >= 11 is 1.98. The molecule has 1 saturated heterocycles. The molecule has 0 spiro atoms. The van der Waals surface area contributed by atoms with Gasteiger partial charge in [0.15, 0.2) is 0 Å². The van der Waals surface area contributed by atoms with Crippen LogP contribution >= 0.6 is 11.8 Å². The molecule has 110 valence electrons. The van der Waals surface area contributed by atoms with Gasteiger partial charge in [0, 0.05) is 24.5 Å². The molecule has 0 aliphatic carbocycles. The Morgan fingerprint density at radius 1 is 1.50 bits per heavy atom. The number of anilines is 1. The molecule has 2 rings (SSSR count). The van der Waals surface area contributed by atoms with Gasteiger partial charge in [0.2, 0.25) is 0 Å². The molecule has 1 aliphatic heterocycles. The molecule has 1 aromatic rings. The highest BCUT2D eigenvalue weighted by atomic mass is 32.2. The molecule has 0 aromatic carbocycles. The first-order chi connectivity index (χ1) is 9.81. The molecule has 1 amide bonds. The van der Waals surface area contributed by atoms with Crippen molar-refractivity contribution in [2.45, 2.75) is 37.9 Å². The van der Waals surface area contributed by atoms with Gasteiger partial charge in [-0.1, -0.05) is 13.3 Å². The van der Waals surface area contributed by atoms with Crippen LogP contribution < -0.4 is 10.6 Å². The van der Waals surface area contributed by atoms with Crippen LogP contribution in [0.25, 0.3) is 0 Å². The maximum Gasteiger partial charge on any atom is 0.253 e. The minimum absolute atomic E-state index is 0.00261. The number of hydrogen-bond donors (Lipinski definition) is 2. The van der Waals surface area contributed by atoms with E-state index in [-0.39, 0.29) is 5.91 Å². The predicted octanol–water partition coefficient (Wildman–Crippen LogP) is 2.92. The molecule has 20 heavy (non-hydrogen) atoms. The molecule has 1 unspecified atom stereocenters. The summed E-state index contributed by atoms with van der Waals surface area (Å²) in [5, 5.41) is 6.88. The van der Waals surface area contributed by atoms with Gasteiger partial charge < -0.3 is 10.6 Å². The van der Waals surface area contributed by atoms with Crippen molar-refractivity contribution in [3.05, 3.63) is 24.0 Å². The van der Waals surface area contributed by atoms with E-state index in [1.807, 2.05) is 11.8 Å². The van der Waals surface area contributed by atoms with Gasteiger partial charge in [0.25, 0.3) is 5.91 Å². The number of carbonyl (C=O) groups excluding carboxylic acids is 1. The quantitative estimate of drug-likeness (QED) is 0.847. The molecule has 4 nitrogen and oxygen atoms in total. The number of nitrogens with one attached hydrogen (secondary N) is 2. The van der Waals surface area contributed by atoms with Crippen molar-refractivity contribution in [2.24, 2.45) is 0 Å². The molecule has 5 heteroatoms. The zero-order valence-corrected chi connectivity index (χ0v) is 12.8. The second-order valence-electron chi connectivity index (χ2n) is 5.05. The summed E-state index contributed by atoms with van der Waals surface area (Å²) in [6, 6.07) is 1.78. The Kier molecular flexibility index (Phi) is 6.18. The Hall–Kier alpha value is -1.23. The molecule has 1 atom stereocenters. The normalized spacial score (nSPS) is 18.6. The third kappa shape index (κ3) is 4.40. The van der Waals surface area contributed by atoms with Crippen molar-refractivity contribution in [1.29, 1.82) is 0 Å². The third-order valence-corrected chi connectivity index (χ3v) is 4.79. The Labute approximate surface area is 125 Å². The standard InChI is InChI=1S/C15H23N3OS/c1-2-7-17-14-11-16-8-6-13(14)15(19)18-10-12-5-3-4-9-20-12/h6,8,11-12,17H,2-5,7,9-10H2,1H3,(H,18,19). The van der Waals surface area contributed by atoms with Gasteiger partial charge in [-0.3, -0.25) is 9.78 Å². The summed E-state index contributed by atoms with van der Waals surface area (Å²) in [6.07, 6.45) is 8.22. The number of aromatic nitrogens is 1. The van der Waals surface area contributed by atoms with E-state index in [2.05, 4.69) is 22.5 Å². The Bertz CT molecular complexity index is 433. The smallest absolute Gasteiger partial charge is 0.253 e. The van der Waals surface area contributed by atoms with Gasteiger partial charge >= 0.3 is 0 Å². The fraction of sp³-hybridized carbons (Fsp3) is 0.600. The third-order valence-electron chi connectivity index (χ3n) is 3.40. The average Bonchev–Trinajstić information content (AvgIpc) is 2.52. The number of carbonyl (C=O) groups is 1. The van der Waals surface area contributed by atoms with Crippen LogP contribution in [0.2, 0.25) is 0 Å². The molecule has 2 N–H and O–H groups in total. The molecule has 0 radical (unpaired) electrons. The number of nitrogens with zero attached hydrogens (tertiary/aromatic N) is 1. The second-order valence-corrected chi connectivity index (χ2v) is 6.45. The van der Waals surface area contributed by atoms with Crippen molar-refractivity contribution in [1.82, 2.24) is 10.3 Å². The van der Waals surface area contributed by atoms with Gasteiger partial charge in [-0.15, -0.1) is 0 Å². The predicted molar refractivity (Wildman–Crippen MR) is 85.4 cm³/mol. The Balaban J connectivity index is 1.90. The van der Waals surface area contributed by atoms with Crippen LogP contribution in [0.15, 0.2) is 18.5 Å². The Morgan fingerprint density at radius 2 is 2.40 bits per heavy atom. The van der Waals surface area contributed by atoms with E-state index < -0.39 is 0 Å².